The van der Waals surface area contributed by atoms with Gasteiger partial charge < -0.3 is 20.5 Å². The number of benzene rings is 2. The second kappa shape index (κ2) is 8.11. The molecule has 0 spiro atoms. The van der Waals surface area contributed by atoms with Crippen molar-refractivity contribution in [1.82, 2.24) is 5.32 Å². The smallest absolute Gasteiger partial charge is 0.264 e. The molecule has 0 bridgehead atoms. The monoisotopic (exact) mass is 359 g/mol. The van der Waals surface area contributed by atoms with Gasteiger partial charge >= 0.3 is 0 Å². The number of amides is 2. The maximum absolute atomic E-state index is 12.5. The van der Waals surface area contributed by atoms with Crippen molar-refractivity contribution in [3.05, 3.63) is 53.6 Å². The van der Waals surface area contributed by atoms with Gasteiger partial charge in [0.05, 0.1) is 25.5 Å². The van der Waals surface area contributed by atoms with Gasteiger partial charge in [-0.15, -0.1) is 0 Å². The third-order valence-corrected chi connectivity index (χ3v) is 3.53. The number of anilines is 1. The minimum Gasteiger partial charge on any atom is -0.496 e. The van der Waals surface area contributed by atoms with Crippen LogP contribution in [0.1, 0.15) is 20.7 Å². The average Bonchev–Trinajstić information content (AvgIpc) is 2.60. The van der Waals surface area contributed by atoms with Gasteiger partial charge in [-0.1, -0.05) is 18.2 Å². The third-order valence-electron chi connectivity index (χ3n) is 3.32. The van der Waals surface area contributed by atoms with Crippen LogP contribution in [0.15, 0.2) is 42.5 Å². The fourth-order valence-corrected chi connectivity index (χ4v) is 2.40. The van der Waals surface area contributed by atoms with Crippen molar-refractivity contribution in [2.24, 2.45) is 5.73 Å². The van der Waals surface area contributed by atoms with Gasteiger partial charge in [0, 0.05) is 0 Å². The van der Waals surface area contributed by atoms with Crippen LogP contribution in [0.2, 0.25) is 0 Å². The van der Waals surface area contributed by atoms with Gasteiger partial charge in [-0.25, -0.2) is 0 Å². The van der Waals surface area contributed by atoms with E-state index in [1.165, 1.54) is 14.2 Å². The Hall–Kier alpha value is -3.13. The highest BCUT2D eigenvalue weighted by Crippen LogP contribution is 2.28. The van der Waals surface area contributed by atoms with E-state index in [1.807, 2.05) is 0 Å². The van der Waals surface area contributed by atoms with Gasteiger partial charge in [-0.05, 0) is 36.5 Å². The Morgan fingerprint density at radius 1 is 1.00 bits per heavy atom. The number of primary amides is 1. The van der Waals surface area contributed by atoms with Gasteiger partial charge in [0.1, 0.15) is 17.1 Å². The minimum atomic E-state index is -0.608. The van der Waals surface area contributed by atoms with Crippen molar-refractivity contribution in [2.45, 2.75) is 0 Å². The van der Waals surface area contributed by atoms with Crippen LogP contribution in [0.5, 0.6) is 11.5 Å². The highest BCUT2D eigenvalue weighted by molar-refractivity contribution is 7.80. The molecule has 0 aliphatic rings. The Kier molecular flexibility index (Phi) is 5.91. The first-order valence-electron chi connectivity index (χ1n) is 7.20. The highest BCUT2D eigenvalue weighted by Gasteiger charge is 2.19. The fourth-order valence-electron chi connectivity index (χ4n) is 2.20. The van der Waals surface area contributed by atoms with Crippen molar-refractivity contribution in [3.63, 3.8) is 0 Å². The van der Waals surface area contributed by atoms with E-state index in [1.54, 1.807) is 42.5 Å². The summed E-state index contributed by atoms with van der Waals surface area (Å²) in [4.78, 5) is 24.0. The van der Waals surface area contributed by atoms with Gasteiger partial charge in [-0.3, -0.25) is 14.9 Å². The number of carbonyl (C=O) groups is 2. The number of para-hydroxylation sites is 1. The predicted octanol–water partition coefficient (Wildman–Crippen LogP) is 1.93. The zero-order chi connectivity index (χ0) is 18.4. The molecule has 0 radical (unpaired) electrons. The molecule has 2 rings (SSSR count). The predicted molar refractivity (Wildman–Crippen MR) is 98.2 cm³/mol. The van der Waals surface area contributed by atoms with Gasteiger partial charge in [-0.2, -0.15) is 0 Å². The van der Waals surface area contributed by atoms with Crippen LogP contribution in [0.25, 0.3) is 0 Å². The molecule has 0 saturated carbocycles. The zero-order valence-electron chi connectivity index (χ0n) is 13.7. The van der Waals surface area contributed by atoms with E-state index in [2.05, 4.69) is 10.6 Å². The summed E-state index contributed by atoms with van der Waals surface area (Å²) in [5, 5.41) is 5.32. The Bertz CT molecular complexity index is 801. The van der Waals surface area contributed by atoms with E-state index in [4.69, 9.17) is 27.4 Å². The Morgan fingerprint density at radius 2 is 1.60 bits per heavy atom. The van der Waals surface area contributed by atoms with Gasteiger partial charge in [0.25, 0.3) is 11.8 Å². The maximum atomic E-state index is 12.5. The maximum Gasteiger partial charge on any atom is 0.264 e. The summed E-state index contributed by atoms with van der Waals surface area (Å²) in [6.45, 7) is 0. The standard InChI is InChI=1S/C17H17N3O4S/c1-23-12-8-5-9-13(24-2)14(12)16(22)20-17(25)19-11-7-4-3-6-10(11)15(18)21/h3-9H,1-2H3,(H2,18,21)(H2,19,20,22,25). The van der Waals surface area contributed by atoms with Crippen molar-refractivity contribution >= 4 is 34.8 Å². The quantitative estimate of drug-likeness (QED) is 0.705. The molecule has 0 fully saturated rings. The summed E-state index contributed by atoms with van der Waals surface area (Å²) in [5.74, 6) is -0.429. The largest absolute Gasteiger partial charge is 0.496 e. The molecule has 0 aromatic heterocycles. The molecule has 4 N–H and O–H groups in total. The van der Waals surface area contributed by atoms with Crippen LogP contribution in [0.4, 0.5) is 5.69 Å². The molecular formula is C17H17N3O4S. The lowest BCUT2D eigenvalue weighted by Crippen LogP contribution is -2.35. The molecular weight excluding hydrogens is 342 g/mol. The summed E-state index contributed by atoms with van der Waals surface area (Å²) in [5.41, 5.74) is 6.18. The first-order chi connectivity index (χ1) is 12.0. The Balaban J connectivity index is 2.20. The lowest BCUT2D eigenvalue weighted by atomic mass is 10.1. The van der Waals surface area contributed by atoms with Crippen LogP contribution < -0.4 is 25.8 Å². The Morgan fingerprint density at radius 3 is 2.16 bits per heavy atom. The molecule has 0 aliphatic carbocycles. The lowest BCUT2D eigenvalue weighted by molar-refractivity contribution is 0.0969. The van der Waals surface area contributed by atoms with Crippen LogP contribution >= 0.6 is 12.2 Å². The van der Waals surface area contributed by atoms with Gasteiger partial charge in [0.15, 0.2) is 5.11 Å². The molecule has 0 atom stereocenters. The first kappa shape index (κ1) is 18.2. The van der Waals surface area contributed by atoms with E-state index in [9.17, 15) is 9.59 Å². The van der Waals surface area contributed by atoms with Crippen molar-refractivity contribution in [2.75, 3.05) is 19.5 Å². The minimum absolute atomic E-state index is 0.00617. The SMILES string of the molecule is COc1cccc(OC)c1C(=O)NC(=S)Nc1ccccc1C(N)=O. The van der Waals surface area contributed by atoms with Crippen molar-refractivity contribution < 1.29 is 19.1 Å². The van der Waals surface area contributed by atoms with Crippen LogP contribution in [-0.2, 0) is 0 Å². The molecule has 0 aliphatic heterocycles. The number of carbonyl (C=O) groups excluding carboxylic acids is 2. The molecule has 0 saturated heterocycles. The molecule has 8 heteroatoms. The molecule has 7 nitrogen and oxygen atoms in total. The van der Waals surface area contributed by atoms with Gasteiger partial charge in [0.2, 0.25) is 0 Å². The molecule has 2 aromatic carbocycles. The zero-order valence-corrected chi connectivity index (χ0v) is 14.5. The molecule has 2 aromatic rings. The molecule has 0 heterocycles. The summed E-state index contributed by atoms with van der Waals surface area (Å²) in [6.07, 6.45) is 0. The number of nitrogens with one attached hydrogen (secondary N) is 2. The van der Waals surface area contributed by atoms with E-state index in [-0.39, 0.29) is 16.2 Å². The fraction of sp³-hybridized carbons (Fsp3) is 0.118. The van der Waals surface area contributed by atoms with E-state index in [0.717, 1.165) is 0 Å². The third kappa shape index (κ3) is 4.24. The summed E-state index contributed by atoms with van der Waals surface area (Å²) < 4.78 is 10.4. The van der Waals surface area contributed by atoms with E-state index < -0.39 is 11.8 Å². The molecule has 25 heavy (non-hydrogen) atoms. The number of ether oxygens (including phenoxy) is 2. The highest BCUT2D eigenvalue weighted by atomic mass is 32.1. The van der Waals surface area contributed by atoms with Crippen LogP contribution in [-0.4, -0.2) is 31.1 Å². The number of hydrogen-bond acceptors (Lipinski definition) is 5. The normalized spacial score (nSPS) is 9.84. The average molecular weight is 359 g/mol. The summed E-state index contributed by atoms with van der Waals surface area (Å²) in [7, 11) is 2.90. The summed E-state index contributed by atoms with van der Waals surface area (Å²) in [6, 6.07) is 11.5. The first-order valence-corrected chi connectivity index (χ1v) is 7.61. The molecule has 2 amide bonds. The lowest BCUT2D eigenvalue weighted by Gasteiger charge is -2.15. The number of hydrogen-bond donors (Lipinski definition) is 3. The summed E-state index contributed by atoms with van der Waals surface area (Å²) >= 11 is 5.14. The van der Waals surface area contributed by atoms with Crippen LogP contribution in [0, 0.1) is 0 Å². The van der Waals surface area contributed by atoms with Crippen molar-refractivity contribution in [1.29, 1.82) is 0 Å². The number of rotatable bonds is 5. The number of methoxy groups -OCH3 is 2. The molecule has 0 unspecified atom stereocenters. The Labute approximate surface area is 150 Å². The number of nitrogens with two attached hydrogens (primary N) is 1. The van der Waals surface area contributed by atoms with Crippen LogP contribution in [0.3, 0.4) is 0 Å². The van der Waals surface area contributed by atoms with Crippen molar-refractivity contribution in [3.8, 4) is 11.5 Å². The van der Waals surface area contributed by atoms with E-state index in [0.29, 0.717) is 17.2 Å². The molecule has 130 valence electrons. The second-order valence-corrected chi connectivity index (χ2v) is 5.26. The van der Waals surface area contributed by atoms with E-state index >= 15 is 0 Å². The topological polar surface area (TPSA) is 103 Å². The number of thiocarbonyl (C=S) groups is 1. The second-order valence-electron chi connectivity index (χ2n) is 4.86.